The minimum Gasteiger partial charge on any atom is -0.502 e. The molecular weight excluding hydrogens is 324 g/mol. The van der Waals surface area contributed by atoms with Crippen LogP contribution in [-0.2, 0) is 11.2 Å². The van der Waals surface area contributed by atoms with Crippen molar-refractivity contribution in [1.29, 1.82) is 0 Å². The van der Waals surface area contributed by atoms with Gasteiger partial charge in [-0.3, -0.25) is 14.9 Å². The van der Waals surface area contributed by atoms with E-state index in [2.05, 4.69) is 6.07 Å². The molecule has 1 aliphatic heterocycles. The van der Waals surface area contributed by atoms with Crippen LogP contribution in [0.5, 0.6) is 5.75 Å². The van der Waals surface area contributed by atoms with E-state index in [1.165, 1.54) is 16.5 Å². The van der Waals surface area contributed by atoms with Crippen molar-refractivity contribution in [2.24, 2.45) is 0 Å². The number of nitro groups is 1. The van der Waals surface area contributed by atoms with Crippen LogP contribution in [0.2, 0.25) is 0 Å². The second-order valence-corrected chi connectivity index (χ2v) is 5.95. The summed E-state index contributed by atoms with van der Waals surface area (Å²) in [6, 6.07) is 11.6. The Morgan fingerprint density at radius 2 is 2.12 bits per heavy atom. The quantitative estimate of drug-likeness (QED) is 0.681. The maximum absolute atomic E-state index is 12.6. The molecule has 0 fully saturated rings. The normalized spacial score (nSPS) is 16.1. The number of phenols is 1. The van der Waals surface area contributed by atoms with Crippen LogP contribution in [-0.4, -0.2) is 41.0 Å². The zero-order valence-corrected chi connectivity index (χ0v) is 13.7. The molecule has 0 aliphatic carbocycles. The molecule has 2 aromatic rings. The lowest BCUT2D eigenvalue weighted by molar-refractivity contribution is -0.385. The van der Waals surface area contributed by atoms with Crippen LogP contribution >= 0.6 is 0 Å². The van der Waals surface area contributed by atoms with E-state index in [0.717, 1.165) is 24.1 Å². The lowest BCUT2D eigenvalue weighted by Gasteiger charge is -2.29. The molecule has 1 N–H and O–H groups in total. The van der Waals surface area contributed by atoms with Crippen LogP contribution in [0.1, 0.15) is 27.6 Å². The first-order chi connectivity index (χ1) is 12.0. The molecule has 0 spiro atoms. The Kier molecular flexibility index (Phi) is 4.67. The Balaban J connectivity index is 1.76. The number of fused-ring (bicyclic) bond motifs is 1. The molecule has 0 saturated heterocycles. The van der Waals surface area contributed by atoms with Gasteiger partial charge in [0.15, 0.2) is 5.75 Å². The van der Waals surface area contributed by atoms with Crippen molar-refractivity contribution in [1.82, 2.24) is 4.90 Å². The van der Waals surface area contributed by atoms with E-state index in [1.54, 1.807) is 7.05 Å². The summed E-state index contributed by atoms with van der Waals surface area (Å²) in [6.07, 6.45) is 0.631. The van der Waals surface area contributed by atoms with E-state index < -0.39 is 16.4 Å². The highest BCUT2D eigenvalue weighted by Gasteiger charge is 2.25. The summed E-state index contributed by atoms with van der Waals surface area (Å²) in [5.41, 5.74) is 2.05. The number of rotatable bonds is 4. The molecule has 1 atom stereocenters. The van der Waals surface area contributed by atoms with Gasteiger partial charge >= 0.3 is 5.69 Å². The Hall–Kier alpha value is -2.93. The number of phenolic OH excluding ortho intramolecular Hbond substituents is 1. The number of likely N-dealkylation sites (N-methyl/N-ethyl adjacent to an activating group) is 1. The van der Waals surface area contributed by atoms with Gasteiger partial charge in [-0.25, -0.2) is 0 Å². The SMILES string of the molecule is CN(C[C@@H]1OCCc2ccccc21)C(=O)c1ccc([N+](=O)[O-])c(O)c1. The van der Waals surface area contributed by atoms with Crippen molar-refractivity contribution in [3.63, 3.8) is 0 Å². The fraction of sp³-hybridized carbons (Fsp3) is 0.278. The molecule has 1 heterocycles. The van der Waals surface area contributed by atoms with Gasteiger partial charge in [-0.1, -0.05) is 24.3 Å². The molecule has 1 aliphatic rings. The first kappa shape index (κ1) is 16.9. The molecule has 0 aromatic heterocycles. The molecule has 3 rings (SSSR count). The van der Waals surface area contributed by atoms with Gasteiger partial charge in [0.25, 0.3) is 5.91 Å². The number of nitro benzene ring substituents is 1. The van der Waals surface area contributed by atoms with Crippen molar-refractivity contribution in [2.75, 3.05) is 20.2 Å². The number of carbonyl (C=O) groups is 1. The summed E-state index contributed by atoms with van der Waals surface area (Å²) in [6.45, 7) is 0.954. The van der Waals surface area contributed by atoms with Crippen LogP contribution in [0, 0.1) is 10.1 Å². The predicted molar refractivity (Wildman–Crippen MR) is 90.6 cm³/mol. The number of aromatic hydroxyl groups is 1. The third-order valence-electron chi connectivity index (χ3n) is 4.30. The van der Waals surface area contributed by atoms with Crippen LogP contribution in [0.25, 0.3) is 0 Å². The molecule has 7 heteroatoms. The monoisotopic (exact) mass is 342 g/mol. The minimum absolute atomic E-state index is 0.190. The summed E-state index contributed by atoms with van der Waals surface area (Å²) in [5, 5.41) is 20.5. The van der Waals surface area contributed by atoms with Gasteiger partial charge in [0.2, 0.25) is 0 Å². The van der Waals surface area contributed by atoms with Crippen LogP contribution in [0.3, 0.4) is 0 Å². The van der Waals surface area contributed by atoms with Gasteiger partial charge in [-0.05, 0) is 29.7 Å². The smallest absolute Gasteiger partial charge is 0.310 e. The molecule has 0 radical (unpaired) electrons. The Bertz CT molecular complexity index is 821. The van der Waals surface area contributed by atoms with E-state index in [4.69, 9.17) is 4.74 Å². The zero-order valence-electron chi connectivity index (χ0n) is 13.7. The fourth-order valence-corrected chi connectivity index (χ4v) is 2.99. The van der Waals surface area contributed by atoms with Crippen molar-refractivity contribution in [2.45, 2.75) is 12.5 Å². The fourth-order valence-electron chi connectivity index (χ4n) is 2.99. The van der Waals surface area contributed by atoms with Crippen LogP contribution in [0.15, 0.2) is 42.5 Å². The first-order valence-electron chi connectivity index (χ1n) is 7.89. The summed E-state index contributed by atoms with van der Waals surface area (Å²) >= 11 is 0. The number of ether oxygens (including phenoxy) is 1. The molecule has 0 saturated carbocycles. The molecule has 7 nitrogen and oxygen atoms in total. The molecule has 2 aromatic carbocycles. The lowest BCUT2D eigenvalue weighted by Crippen LogP contribution is -2.33. The Labute approximate surface area is 144 Å². The second kappa shape index (κ2) is 6.90. The minimum atomic E-state index is -0.694. The third kappa shape index (κ3) is 3.46. The molecule has 25 heavy (non-hydrogen) atoms. The molecule has 0 unspecified atom stereocenters. The molecule has 130 valence electrons. The van der Waals surface area contributed by atoms with Gasteiger partial charge < -0.3 is 14.7 Å². The topological polar surface area (TPSA) is 92.9 Å². The van der Waals surface area contributed by atoms with Crippen LogP contribution < -0.4 is 0 Å². The van der Waals surface area contributed by atoms with Gasteiger partial charge in [0.1, 0.15) is 6.10 Å². The second-order valence-electron chi connectivity index (χ2n) is 5.95. The highest BCUT2D eigenvalue weighted by molar-refractivity contribution is 5.94. The van der Waals surface area contributed by atoms with Gasteiger partial charge in [0.05, 0.1) is 18.1 Å². The number of hydrogen-bond donors (Lipinski definition) is 1. The van der Waals surface area contributed by atoms with Crippen molar-refractivity contribution in [3.8, 4) is 5.75 Å². The van der Waals surface area contributed by atoms with Gasteiger partial charge in [0, 0.05) is 18.7 Å². The predicted octanol–water partition coefficient (Wildman–Crippen LogP) is 2.69. The summed E-state index contributed by atoms with van der Waals surface area (Å²) < 4.78 is 5.80. The molecule has 1 amide bonds. The van der Waals surface area contributed by atoms with Crippen LogP contribution in [0.4, 0.5) is 5.69 Å². The van der Waals surface area contributed by atoms with E-state index in [0.29, 0.717) is 13.2 Å². The van der Waals surface area contributed by atoms with Crippen molar-refractivity contribution < 1.29 is 19.6 Å². The number of benzene rings is 2. The number of carbonyl (C=O) groups excluding carboxylic acids is 1. The van der Waals surface area contributed by atoms with Crippen molar-refractivity contribution >= 4 is 11.6 Å². The number of hydrogen-bond acceptors (Lipinski definition) is 5. The molecular formula is C18H18N2O5. The maximum Gasteiger partial charge on any atom is 0.310 e. The standard InChI is InChI=1S/C18H18N2O5/c1-19(11-17-14-5-3-2-4-12(14)8-9-25-17)18(22)13-6-7-15(20(23)24)16(21)10-13/h2-7,10,17,21H,8-9,11H2,1H3/t17-/m0/s1. The van der Waals surface area contributed by atoms with Gasteiger partial charge in [-0.15, -0.1) is 0 Å². The van der Waals surface area contributed by atoms with Crippen molar-refractivity contribution in [3.05, 3.63) is 69.3 Å². The summed E-state index contributed by atoms with van der Waals surface area (Å²) in [7, 11) is 1.64. The highest BCUT2D eigenvalue weighted by Crippen LogP contribution is 2.29. The summed E-state index contributed by atoms with van der Waals surface area (Å²) in [4.78, 5) is 24.1. The maximum atomic E-state index is 12.6. The van der Waals surface area contributed by atoms with E-state index in [1.807, 2.05) is 18.2 Å². The largest absolute Gasteiger partial charge is 0.502 e. The summed E-state index contributed by atoms with van der Waals surface area (Å²) in [5.74, 6) is -0.861. The Morgan fingerprint density at radius 3 is 2.84 bits per heavy atom. The average Bonchev–Trinajstić information content (AvgIpc) is 2.61. The molecule has 0 bridgehead atoms. The van der Waals surface area contributed by atoms with E-state index in [-0.39, 0.29) is 17.6 Å². The average molecular weight is 342 g/mol. The van der Waals surface area contributed by atoms with Gasteiger partial charge in [-0.2, -0.15) is 0 Å². The zero-order chi connectivity index (χ0) is 18.0. The van der Waals surface area contributed by atoms with E-state index >= 15 is 0 Å². The number of nitrogens with zero attached hydrogens (tertiary/aromatic N) is 2. The third-order valence-corrected chi connectivity index (χ3v) is 4.30. The lowest BCUT2D eigenvalue weighted by atomic mass is 9.97. The number of amides is 1. The van der Waals surface area contributed by atoms with E-state index in [9.17, 15) is 20.0 Å². The Morgan fingerprint density at radius 1 is 1.36 bits per heavy atom. The highest BCUT2D eigenvalue weighted by atomic mass is 16.6. The first-order valence-corrected chi connectivity index (χ1v) is 7.89.